The van der Waals surface area contributed by atoms with E-state index in [-0.39, 0.29) is 11.8 Å². The first-order valence-corrected chi connectivity index (χ1v) is 8.47. The highest BCUT2D eigenvalue weighted by Crippen LogP contribution is 2.31. The Hall–Kier alpha value is -2.47. The van der Waals surface area contributed by atoms with Gasteiger partial charge in [0.25, 0.3) is 0 Å². The molecular weight excluding hydrogens is 308 g/mol. The average molecular weight is 324 g/mol. The Kier molecular flexibility index (Phi) is 3.46. The van der Waals surface area contributed by atoms with E-state index in [2.05, 4.69) is 10.3 Å². The molecule has 1 aliphatic carbocycles. The SMILES string of the molecule is Cc1ncc(NC(=O)C2CC2)n1-c1nc(-c2ccccc2)cs1. The van der Waals surface area contributed by atoms with E-state index >= 15 is 0 Å². The molecule has 1 N–H and O–H groups in total. The molecule has 0 saturated heterocycles. The number of thiazole rings is 1. The fourth-order valence-corrected chi connectivity index (χ4v) is 3.35. The minimum atomic E-state index is 0.0750. The second-order valence-corrected chi connectivity index (χ2v) is 6.51. The number of carbonyl (C=O) groups is 1. The van der Waals surface area contributed by atoms with Gasteiger partial charge in [-0.1, -0.05) is 30.3 Å². The Bertz CT molecular complexity index is 849. The second kappa shape index (κ2) is 5.62. The van der Waals surface area contributed by atoms with Crippen molar-refractivity contribution >= 4 is 23.1 Å². The Morgan fingerprint density at radius 1 is 1.30 bits per heavy atom. The van der Waals surface area contributed by atoms with Gasteiger partial charge in [-0.15, -0.1) is 11.3 Å². The van der Waals surface area contributed by atoms with Crippen LogP contribution >= 0.6 is 11.3 Å². The third-order valence-corrected chi connectivity index (χ3v) is 4.72. The van der Waals surface area contributed by atoms with Crippen molar-refractivity contribution in [3.63, 3.8) is 0 Å². The summed E-state index contributed by atoms with van der Waals surface area (Å²) in [5.41, 5.74) is 2.01. The topological polar surface area (TPSA) is 59.8 Å². The quantitative estimate of drug-likeness (QED) is 0.797. The van der Waals surface area contributed by atoms with Gasteiger partial charge in [-0.05, 0) is 19.8 Å². The summed E-state index contributed by atoms with van der Waals surface area (Å²) in [6, 6.07) is 10.1. The Labute approximate surface area is 138 Å². The highest BCUT2D eigenvalue weighted by atomic mass is 32.1. The van der Waals surface area contributed by atoms with Crippen LogP contribution in [0.4, 0.5) is 5.82 Å². The van der Waals surface area contributed by atoms with Crippen LogP contribution in [0.15, 0.2) is 41.9 Å². The van der Waals surface area contributed by atoms with Gasteiger partial charge < -0.3 is 5.32 Å². The van der Waals surface area contributed by atoms with E-state index in [0.29, 0.717) is 5.82 Å². The van der Waals surface area contributed by atoms with Crippen molar-refractivity contribution in [3.8, 4) is 16.4 Å². The number of hydrogen-bond donors (Lipinski definition) is 1. The van der Waals surface area contributed by atoms with Gasteiger partial charge in [0.2, 0.25) is 5.91 Å². The monoisotopic (exact) mass is 324 g/mol. The number of nitrogens with zero attached hydrogens (tertiary/aromatic N) is 3. The van der Waals surface area contributed by atoms with Crippen LogP contribution in [-0.2, 0) is 4.79 Å². The normalized spacial score (nSPS) is 14.0. The maximum Gasteiger partial charge on any atom is 0.228 e. The number of hydrogen-bond acceptors (Lipinski definition) is 4. The van der Waals surface area contributed by atoms with Crippen molar-refractivity contribution in [3.05, 3.63) is 47.7 Å². The third-order valence-electron chi connectivity index (χ3n) is 3.89. The first kappa shape index (κ1) is 14.1. The fourth-order valence-electron chi connectivity index (χ4n) is 2.46. The lowest BCUT2D eigenvalue weighted by Gasteiger charge is -2.07. The minimum absolute atomic E-state index is 0.0750. The molecule has 1 saturated carbocycles. The minimum Gasteiger partial charge on any atom is -0.310 e. The lowest BCUT2D eigenvalue weighted by atomic mass is 10.2. The number of carbonyl (C=O) groups excluding carboxylic acids is 1. The van der Waals surface area contributed by atoms with Crippen LogP contribution in [0.2, 0.25) is 0 Å². The molecule has 23 heavy (non-hydrogen) atoms. The standard InChI is InChI=1S/C17H16N4OS/c1-11-18-9-15(20-16(22)13-7-8-13)21(11)17-19-14(10-23-17)12-5-3-2-4-6-12/h2-6,9-10,13H,7-8H2,1H3,(H,20,22). The summed E-state index contributed by atoms with van der Waals surface area (Å²) >= 11 is 1.54. The molecule has 5 nitrogen and oxygen atoms in total. The van der Waals surface area contributed by atoms with Crippen LogP contribution in [0.3, 0.4) is 0 Å². The molecule has 1 aliphatic rings. The maximum atomic E-state index is 12.0. The van der Waals surface area contributed by atoms with E-state index < -0.39 is 0 Å². The summed E-state index contributed by atoms with van der Waals surface area (Å²) in [6.45, 7) is 1.91. The van der Waals surface area contributed by atoms with Crippen molar-refractivity contribution < 1.29 is 4.79 Å². The van der Waals surface area contributed by atoms with Gasteiger partial charge in [-0.25, -0.2) is 9.97 Å². The number of anilines is 1. The highest BCUT2D eigenvalue weighted by molar-refractivity contribution is 7.12. The first-order chi connectivity index (χ1) is 11.2. The molecular formula is C17H16N4OS. The van der Waals surface area contributed by atoms with E-state index in [9.17, 15) is 4.79 Å². The summed E-state index contributed by atoms with van der Waals surface area (Å²) in [5.74, 6) is 1.74. The molecule has 0 atom stereocenters. The van der Waals surface area contributed by atoms with Crippen molar-refractivity contribution in [2.24, 2.45) is 5.92 Å². The summed E-state index contributed by atoms with van der Waals surface area (Å²) in [7, 11) is 0. The largest absolute Gasteiger partial charge is 0.310 e. The predicted octanol–water partition coefficient (Wildman–Crippen LogP) is 3.65. The Balaban J connectivity index is 1.66. The molecule has 0 aliphatic heterocycles. The summed E-state index contributed by atoms with van der Waals surface area (Å²) in [4.78, 5) is 21.1. The fraction of sp³-hybridized carbons (Fsp3) is 0.235. The number of imidazole rings is 1. The summed E-state index contributed by atoms with van der Waals surface area (Å²) in [5, 5.41) is 5.80. The van der Waals surface area contributed by atoms with Crippen LogP contribution in [-0.4, -0.2) is 20.4 Å². The molecule has 0 bridgehead atoms. The number of aryl methyl sites for hydroxylation is 1. The van der Waals surface area contributed by atoms with Gasteiger partial charge in [0.05, 0.1) is 11.9 Å². The number of nitrogens with one attached hydrogen (secondary N) is 1. The third kappa shape index (κ3) is 2.77. The zero-order valence-corrected chi connectivity index (χ0v) is 13.5. The van der Waals surface area contributed by atoms with E-state index in [1.807, 2.05) is 47.2 Å². The van der Waals surface area contributed by atoms with Crippen molar-refractivity contribution in [1.82, 2.24) is 14.5 Å². The van der Waals surface area contributed by atoms with Crippen molar-refractivity contribution in [2.75, 3.05) is 5.32 Å². The van der Waals surface area contributed by atoms with E-state index in [4.69, 9.17) is 4.98 Å². The predicted molar refractivity (Wildman–Crippen MR) is 90.8 cm³/mol. The van der Waals surface area contributed by atoms with Crippen LogP contribution in [0.25, 0.3) is 16.4 Å². The van der Waals surface area contributed by atoms with Crippen molar-refractivity contribution in [1.29, 1.82) is 0 Å². The Morgan fingerprint density at radius 2 is 2.09 bits per heavy atom. The van der Waals surface area contributed by atoms with Crippen molar-refractivity contribution in [2.45, 2.75) is 19.8 Å². The van der Waals surface area contributed by atoms with Gasteiger partial charge >= 0.3 is 0 Å². The van der Waals surface area contributed by atoms with E-state index in [1.165, 1.54) is 0 Å². The second-order valence-electron chi connectivity index (χ2n) is 5.67. The molecule has 0 unspecified atom stereocenters. The molecule has 2 aromatic heterocycles. The van der Waals surface area contributed by atoms with Crippen LogP contribution < -0.4 is 5.32 Å². The van der Waals surface area contributed by atoms with Crippen LogP contribution in [0.5, 0.6) is 0 Å². The number of benzene rings is 1. The summed E-state index contributed by atoms with van der Waals surface area (Å²) < 4.78 is 1.90. The molecule has 1 aromatic carbocycles. The smallest absolute Gasteiger partial charge is 0.228 e. The molecule has 0 radical (unpaired) electrons. The molecule has 2 heterocycles. The molecule has 4 rings (SSSR count). The highest BCUT2D eigenvalue weighted by Gasteiger charge is 2.30. The molecule has 116 valence electrons. The van der Waals surface area contributed by atoms with E-state index in [1.54, 1.807) is 17.5 Å². The molecule has 1 fully saturated rings. The maximum absolute atomic E-state index is 12.0. The molecule has 6 heteroatoms. The van der Waals surface area contributed by atoms with Gasteiger partial charge in [0.1, 0.15) is 11.6 Å². The van der Waals surface area contributed by atoms with Gasteiger partial charge in [-0.3, -0.25) is 9.36 Å². The first-order valence-electron chi connectivity index (χ1n) is 7.59. The summed E-state index contributed by atoms with van der Waals surface area (Å²) in [6.07, 6.45) is 3.65. The van der Waals surface area contributed by atoms with Crippen LogP contribution in [0.1, 0.15) is 18.7 Å². The van der Waals surface area contributed by atoms with Gasteiger partial charge in [0.15, 0.2) is 5.13 Å². The van der Waals surface area contributed by atoms with Gasteiger partial charge in [-0.2, -0.15) is 0 Å². The van der Waals surface area contributed by atoms with E-state index in [0.717, 1.165) is 35.1 Å². The van der Waals surface area contributed by atoms with Gasteiger partial charge in [0, 0.05) is 16.9 Å². The average Bonchev–Trinajstić information content (AvgIpc) is 3.22. The zero-order valence-electron chi connectivity index (χ0n) is 12.7. The number of rotatable bonds is 4. The molecule has 3 aromatic rings. The Morgan fingerprint density at radius 3 is 2.83 bits per heavy atom. The van der Waals surface area contributed by atoms with Crippen LogP contribution in [0, 0.1) is 12.8 Å². The molecule has 1 amide bonds. The lowest BCUT2D eigenvalue weighted by Crippen LogP contribution is -2.16. The molecule has 0 spiro atoms. The lowest BCUT2D eigenvalue weighted by molar-refractivity contribution is -0.117. The number of aromatic nitrogens is 3. The number of amides is 1. The zero-order chi connectivity index (χ0) is 15.8.